The molecule has 0 radical (unpaired) electrons. The van der Waals surface area contributed by atoms with E-state index >= 15 is 0 Å². The Morgan fingerprint density at radius 2 is 0.926 bits per heavy atom. The van der Waals surface area contributed by atoms with Gasteiger partial charge in [-0.2, -0.15) is 0 Å². The first kappa shape index (κ1) is 21.3. The van der Waals surface area contributed by atoms with E-state index in [2.05, 4.69) is 0 Å². The summed E-state index contributed by atoms with van der Waals surface area (Å²) in [7, 11) is 0. The van der Waals surface area contributed by atoms with Gasteiger partial charge in [-0.1, -0.05) is 24.3 Å². The Bertz CT molecular complexity index is 615. The van der Waals surface area contributed by atoms with Crippen molar-refractivity contribution in [3.63, 3.8) is 0 Å². The smallest absolute Gasteiger partial charge is 0.119 e. The molecule has 148 valence electrons. The highest BCUT2D eigenvalue weighted by atomic mass is 16.5. The summed E-state index contributed by atoms with van der Waals surface area (Å²) in [6.45, 7) is 8.42. The van der Waals surface area contributed by atoms with Crippen molar-refractivity contribution < 1.29 is 19.7 Å². The zero-order chi connectivity index (χ0) is 19.9. The summed E-state index contributed by atoms with van der Waals surface area (Å²) in [5.74, 6) is 1.65. The number of ether oxygens (including phenoxy) is 2. The van der Waals surface area contributed by atoms with Crippen LogP contribution in [0.1, 0.15) is 58.1 Å². The monoisotopic (exact) mass is 372 g/mol. The molecule has 0 spiro atoms. The number of rotatable bonds is 10. The molecule has 0 saturated heterocycles. The largest absolute Gasteiger partial charge is 0.494 e. The van der Waals surface area contributed by atoms with Crippen molar-refractivity contribution in [3.05, 3.63) is 59.7 Å². The van der Waals surface area contributed by atoms with Crippen LogP contribution in [0.5, 0.6) is 11.5 Å². The van der Waals surface area contributed by atoms with Gasteiger partial charge in [0.15, 0.2) is 0 Å². The van der Waals surface area contributed by atoms with Gasteiger partial charge in [0.05, 0.1) is 24.4 Å². The van der Waals surface area contributed by atoms with Crippen LogP contribution < -0.4 is 9.47 Å². The SMILES string of the molecule is CC(C)(O)c1ccc(OCCCCCOc2ccc(C(C)(C)O)cc2)cc1. The second kappa shape index (κ2) is 9.25. The normalized spacial score (nSPS) is 12.1. The van der Waals surface area contributed by atoms with Crippen molar-refractivity contribution in [3.8, 4) is 11.5 Å². The van der Waals surface area contributed by atoms with Gasteiger partial charge in [-0.05, 0) is 82.3 Å². The fourth-order valence-corrected chi connectivity index (χ4v) is 2.68. The van der Waals surface area contributed by atoms with Crippen molar-refractivity contribution in [1.29, 1.82) is 0 Å². The highest BCUT2D eigenvalue weighted by Crippen LogP contribution is 2.23. The van der Waals surface area contributed by atoms with Crippen LogP contribution in [0.4, 0.5) is 0 Å². The van der Waals surface area contributed by atoms with Gasteiger partial charge in [-0.3, -0.25) is 0 Å². The zero-order valence-corrected chi connectivity index (χ0v) is 16.9. The molecule has 0 amide bonds. The van der Waals surface area contributed by atoms with Crippen molar-refractivity contribution in [2.75, 3.05) is 13.2 Å². The van der Waals surface area contributed by atoms with Gasteiger partial charge < -0.3 is 19.7 Å². The Kier molecular flexibility index (Phi) is 7.28. The lowest BCUT2D eigenvalue weighted by Gasteiger charge is -2.18. The zero-order valence-electron chi connectivity index (χ0n) is 16.9. The van der Waals surface area contributed by atoms with E-state index in [-0.39, 0.29) is 0 Å². The third-order valence-corrected chi connectivity index (χ3v) is 4.45. The predicted molar refractivity (Wildman–Crippen MR) is 108 cm³/mol. The Morgan fingerprint density at radius 1 is 0.593 bits per heavy atom. The summed E-state index contributed by atoms with van der Waals surface area (Å²) in [6, 6.07) is 15.2. The van der Waals surface area contributed by atoms with Crippen molar-refractivity contribution in [2.45, 2.75) is 58.2 Å². The molecule has 2 rings (SSSR count). The summed E-state index contributed by atoms with van der Waals surface area (Å²) in [6.07, 6.45) is 2.96. The van der Waals surface area contributed by atoms with E-state index in [0.29, 0.717) is 13.2 Å². The van der Waals surface area contributed by atoms with Crippen molar-refractivity contribution >= 4 is 0 Å². The second-order valence-electron chi connectivity index (χ2n) is 7.92. The standard InChI is InChI=1S/C23H32O4/c1-22(2,24)18-8-12-20(13-9-18)26-16-6-5-7-17-27-21-14-10-19(11-15-21)23(3,4)25/h8-15,24-25H,5-7,16-17H2,1-4H3. The van der Waals surface area contributed by atoms with Crippen LogP contribution in [-0.2, 0) is 11.2 Å². The molecule has 0 heterocycles. The molecule has 0 bridgehead atoms. The average molecular weight is 373 g/mol. The number of aliphatic hydroxyl groups is 2. The van der Waals surface area contributed by atoms with Crippen LogP contribution in [-0.4, -0.2) is 23.4 Å². The number of hydrogen-bond acceptors (Lipinski definition) is 4. The van der Waals surface area contributed by atoms with Gasteiger partial charge in [-0.25, -0.2) is 0 Å². The third kappa shape index (κ3) is 7.24. The highest BCUT2D eigenvalue weighted by Gasteiger charge is 2.16. The lowest BCUT2D eigenvalue weighted by molar-refractivity contribution is 0.0779. The van der Waals surface area contributed by atoms with E-state index in [9.17, 15) is 10.2 Å². The van der Waals surface area contributed by atoms with Gasteiger partial charge in [0.25, 0.3) is 0 Å². The topological polar surface area (TPSA) is 58.9 Å². The first-order valence-corrected chi connectivity index (χ1v) is 9.58. The number of unbranched alkanes of at least 4 members (excludes halogenated alkanes) is 2. The maximum Gasteiger partial charge on any atom is 0.119 e. The molecule has 0 aliphatic heterocycles. The molecule has 2 aromatic carbocycles. The molecule has 27 heavy (non-hydrogen) atoms. The lowest BCUT2D eigenvalue weighted by atomic mass is 9.99. The molecule has 0 aliphatic rings. The molecule has 4 nitrogen and oxygen atoms in total. The van der Waals surface area contributed by atoms with Gasteiger partial charge in [-0.15, -0.1) is 0 Å². The average Bonchev–Trinajstić information content (AvgIpc) is 2.60. The number of benzene rings is 2. The van der Waals surface area contributed by atoms with Crippen LogP contribution in [0.2, 0.25) is 0 Å². The quantitative estimate of drug-likeness (QED) is 0.590. The highest BCUT2D eigenvalue weighted by molar-refractivity contribution is 5.30. The minimum absolute atomic E-state index is 0.669. The van der Waals surface area contributed by atoms with E-state index in [1.807, 2.05) is 48.5 Å². The van der Waals surface area contributed by atoms with E-state index < -0.39 is 11.2 Å². The second-order valence-corrected chi connectivity index (χ2v) is 7.92. The minimum atomic E-state index is -0.826. The lowest BCUT2D eigenvalue weighted by Crippen LogP contribution is -2.15. The van der Waals surface area contributed by atoms with E-state index in [1.54, 1.807) is 27.7 Å². The predicted octanol–water partition coefficient (Wildman–Crippen LogP) is 4.77. The van der Waals surface area contributed by atoms with Gasteiger partial charge in [0, 0.05) is 0 Å². The molecule has 0 saturated carbocycles. The first-order chi connectivity index (χ1) is 12.7. The maximum atomic E-state index is 9.94. The molecule has 4 heteroatoms. The van der Waals surface area contributed by atoms with Crippen molar-refractivity contribution in [2.24, 2.45) is 0 Å². The van der Waals surface area contributed by atoms with E-state index in [4.69, 9.17) is 9.47 Å². The fraction of sp³-hybridized carbons (Fsp3) is 0.478. The molecule has 0 aliphatic carbocycles. The molecule has 0 fully saturated rings. The van der Waals surface area contributed by atoms with Crippen molar-refractivity contribution in [1.82, 2.24) is 0 Å². The first-order valence-electron chi connectivity index (χ1n) is 9.58. The summed E-state index contributed by atoms with van der Waals surface area (Å²) in [5, 5.41) is 19.9. The molecule has 0 atom stereocenters. The van der Waals surface area contributed by atoms with E-state index in [0.717, 1.165) is 41.9 Å². The van der Waals surface area contributed by atoms with Crippen LogP contribution in [0.25, 0.3) is 0 Å². The van der Waals surface area contributed by atoms with E-state index in [1.165, 1.54) is 0 Å². The summed E-state index contributed by atoms with van der Waals surface area (Å²) in [4.78, 5) is 0. The molecule has 0 unspecified atom stereocenters. The molecular formula is C23H32O4. The molecule has 2 N–H and O–H groups in total. The molecule has 0 aromatic heterocycles. The fourth-order valence-electron chi connectivity index (χ4n) is 2.68. The summed E-state index contributed by atoms with van der Waals surface area (Å²) >= 11 is 0. The molecule has 2 aromatic rings. The molecular weight excluding hydrogens is 340 g/mol. The van der Waals surface area contributed by atoms with Gasteiger partial charge in [0.2, 0.25) is 0 Å². The van der Waals surface area contributed by atoms with Crippen LogP contribution in [0.3, 0.4) is 0 Å². The summed E-state index contributed by atoms with van der Waals surface area (Å²) < 4.78 is 11.5. The van der Waals surface area contributed by atoms with Crippen LogP contribution in [0.15, 0.2) is 48.5 Å². The van der Waals surface area contributed by atoms with Crippen LogP contribution >= 0.6 is 0 Å². The minimum Gasteiger partial charge on any atom is -0.494 e. The van der Waals surface area contributed by atoms with Crippen LogP contribution in [0, 0.1) is 0 Å². The van der Waals surface area contributed by atoms with Gasteiger partial charge >= 0.3 is 0 Å². The summed E-state index contributed by atoms with van der Waals surface area (Å²) in [5.41, 5.74) is 0.102. The van der Waals surface area contributed by atoms with Gasteiger partial charge in [0.1, 0.15) is 11.5 Å². The number of hydrogen-bond donors (Lipinski definition) is 2. The Hall–Kier alpha value is -2.04. The third-order valence-electron chi connectivity index (χ3n) is 4.45. The Morgan fingerprint density at radius 3 is 1.22 bits per heavy atom. The Balaban J connectivity index is 1.60. The Labute approximate surface area is 162 Å². The maximum absolute atomic E-state index is 9.94.